The maximum atomic E-state index is 13.2. The van der Waals surface area contributed by atoms with E-state index in [1.807, 2.05) is 0 Å². The van der Waals surface area contributed by atoms with E-state index in [0.29, 0.717) is 12.0 Å². The Labute approximate surface area is 114 Å². The molecule has 0 bridgehead atoms. The Hall–Kier alpha value is -1.10. The molecule has 1 fully saturated rings. The van der Waals surface area contributed by atoms with Crippen LogP contribution in [0.5, 0.6) is 0 Å². The van der Waals surface area contributed by atoms with Crippen molar-refractivity contribution >= 4 is 32.9 Å². The third kappa shape index (κ3) is 1.90. The first kappa shape index (κ1) is 12.0. The number of hydrogen-bond donors (Lipinski definition) is 1. The van der Waals surface area contributed by atoms with E-state index in [2.05, 4.69) is 37.7 Å². The van der Waals surface area contributed by atoms with Crippen LogP contribution in [-0.4, -0.2) is 27.9 Å². The van der Waals surface area contributed by atoms with Crippen LogP contribution in [0.25, 0.3) is 11.0 Å². The molecule has 5 heteroatoms. The molecule has 3 nitrogen and oxygen atoms in total. The molecule has 1 aliphatic heterocycles. The van der Waals surface area contributed by atoms with Gasteiger partial charge in [-0.05, 0) is 30.5 Å². The Kier molecular flexibility index (Phi) is 3.01. The number of nitrogens with zero attached hydrogens (tertiary/aromatic N) is 2. The van der Waals surface area contributed by atoms with Gasteiger partial charge in [0.1, 0.15) is 5.82 Å². The summed E-state index contributed by atoms with van der Waals surface area (Å²) >= 11 is 3.57. The predicted octanol–water partition coefficient (Wildman–Crippen LogP) is 3.31. The Balaban J connectivity index is 1.99. The number of H-pyrrole nitrogens is 1. The van der Waals surface area contributed by atoms with E-state index in [1.165, 1.54) is 18.6 Å². The molecule has 1 N–H and O–H groups in total. The lowest BCUT2D eigenvalue weighted by Crippen LogP contribution is -2.34. The largest absolute Gasteiger partial charge is 0.338 e. The number of benzene rings is 1. The van der Waals surface area contributed by atoms with E-state index in [0.717, 1.165) is 28.9 Å². The summed E-state index contributed by atoms with van der Waals surface area (Å²) in [5, 5.41) is 0.930. The van der Waals surface area contributed by atoms with Crippen molar-refractivity contribution in [2.45, 2.75) is 19.4 Å². The molecular formula is C13H15BrFN3. The summed E-state index contributed by atoms with van der Waals surface area (Å²) in [6, 6.07) is 5.11. The van der Waals surface area contributed by atoms with E-state index in [9.17, 15) is 4.39 Å². The van der Waals surface area contributed by atoms with Crippen LogP contribution in [0.1, 0.15) is 13.3 Å². The first-order valence-corrected chi connectivity index (χ1v) is 7.29. The Morgan fingerprint density at radius 3 is 3.17 bits per heavy atom. The average Bonchev–Trinajstić information content (AvgIpc) is 2.91. The SMILES string of the molecule is CC1CCN(c2nc3ccc(F)cc3[nH]2)C1CBr. The summed E-state index contributed by atoms with van der Waals surface area (Å²) in [6.45, 7) is 3.26. The molecule has 1 aromatic heterocycles. The molecule has 96 valence electrons. The summed E-state index contributed by atoms with van der Waals surface area (Å²) in [4.78, 5) is 10.0. The van der Waals surface area contributed by atoms with Gasteiger partial charge in [-0.1, -0.05) is 22.9 Å². The van der Waals surface area contributed by atoms with Crippen molar-refractivity contribution in [1.29, 1.82) is 0 Å². The molecule has 1 aromatic carbocycles. The summed E-state index contributed by atoms with van der Waals surface area (Å²) in [7, 11) is 0. The monoisotopic (exact) mass is 311 g/mol. The fraction of sp³-hybridized carbons (Fsp3) is 0.462. The summed E-state index contributed by atoms with van der Waals surface area (Å²) in [5.74, 6) is 1.27. The van der Waals surface area contributed by atoms with Gasteiger partial charge >= 0.3 is 0 Å². The topological polar surface area (TPSA) is 31.9 Å². The number of aromatic nitrogens is 2. The zero-order chi connectivity index (χ0) is 12.7. The summed E-state index contributed by atoms with van der Waals surface area (Å²) in [6.07, 6.45) is 1.17. The number of imidazole rings is 1. The van der Waals surface area contributed by atoms with Crippen molar-refractivity contribution in [3.05, 3.63) is 24.0 Å². The first-order chi connectivity index (χ1) is 8.69. The molecule has 0 aliphatic carbocycles. The highest BCUT2D eigenvalue weighted by molar-refractivity contribution is 9.09. The highest BCUT2D eigenvalue weighted by Gasteiger charge is 2.31. The van der Waals surface area contributed by atoms with Gasteiger partial charge in [-0.2, -0.15) is 0 Å². The molecule has 0 amide bonds. The number of halogens is 2. The van der Waals surface area contributed by atoms with Crippen LogP contribution in [0.15, 0.2) is 18.2 Å². The molecule has 1 saturated heterocycles. The fourth-order valence-corrected chi connectivity index (χ4v) is 3.60. The molecule has 2 unspecified atom stereocenters. The van der Waals surface area contributed by atoms with Gasteiger partial charge in [0.05, 0.1) is 11.0 Å². The van der Waals surface area contributed by atoms with Crippen LogP contribution < -0.4 is 4.90 Å². The summed E-state index contributed by atoms with van der Waals surface area (Å²) < 4.78 is 13.2. The van der Waals surface area contributed by atoms with Gasteiger partial charge in [0.15, 0.2) is 0 Å². The smallest absolute Gasteiger partial charge is 0.204 e. The first-order valence-electron chi connectivity index (χ1n) is 6.17. The van der Waals surface area contributed by atoms with Crippen molar-refractivity contribution in [2.24, 2.45) is 5.92 Å². The van der Waals surface area contributed by atoms with Gasteiger partial charge in [0, 0.05) is 17.9 Å². The van der Waals surface area contributed by atoms with Gasteiger partial charge in [0.2, 0.25) is 5.95 Å². The standard InChI is InChI=1S/C13H15BrFN3/c1-8-4-5-18(12(8)7-14)13-16-10-3-2-9(15)6-11(10)17-13/h2-3,6,8,12H,4-5,7H2,1H3,(H,16,17). The number of alkyl halides is 1. The van der Waals surface area contributed by atoms with Crippen LogP contribution in [0, 0.1) is 11.7 Å². The van der Waals surface area contributed by atoms with Gasteiger partial charge in [0.25, 0.3) is 0 Å². The Bertz CT molecular complexity index is 568. The third-order valence-electron chi connectivity index (χ3n) is 3.74. The van der Waals surface area contributed by atoms with E-state index < -0.39 is 0 Å². The zero-order valence-electron chi connectivity index (χ0n) is 10.2. The van der Waals surface area contributed by atoms with Gasteiger partial charge < -0.3 is 9.88 Å². The highest BCUT2D eigenvalue weighted by atomic mass is 79.9. The van der Waals surface area contributed by atoms with E-state index in [-0.39, 0.29) is 5.82 Å². The second kappa shape index (κ2) is 4.53. The van der Waals surface area contributed by atoms with Gasteiger partial charge in [-0.25, -0.2) is 9.37 Å². The number of nitrogens with one attached hydrogen (secondary N) is 1. The van der Waals surface area contributed by atoms with E-state index in [4.69, 9.17) is 0 Å². The Morgan fingerprint density at radius 2 is 2.39 bits per heavy atom. The van der Waals surface area contributed by atoms with Gasteiger partial charge in [-0.15, -0.1) is 0 Å². The number of anilines is 1. The normalized spacial score (nSPS) is 24.1. The second-order valence-electron chi connectivity index (χ2n) is 4.90. The van der Waals surface area contributed by atoms with Crippen molar-refractivity contribution in [3.63, 3.8) is 0 Å². The maximum Gasteiger partial charge on any atom is 0.204 e. The van der Waals surface area contributed by atoms with Crippen molar-refractivity contribution in [3.8, 4) is 0 Å². The number of aromatic amines is 1. The minimum Gasteiger partial charge on any atom is -0.338 e. The Morgan fingerprint density at radius 1 is 1.56 bits per heavy atom. The molecule has 2 aromatic rings. The minimum absolute atomic E-state index is 0.232. The lowest BCUT2D eigenvalue weighted by Gasteiger charge is -2.24. The average molecular weight is 312 g/mol. The molecule has 2 atom stereocenters. The van der Waals surface area contributed by atoms with Crippen molar-refractivity contribution < 1.29 is 4.39 Å². The molecule has 2 heterocycles. The third-order valence-corrected chi connectivity index (χ3v) is 4.41. The number of fused-ring (bicyclic) bond motifs is 1. The predicted molar refractivity (Wildman–Crippen MR) is 74.8 cm³/mol. The van der Waals surface area contributed by atoms with Crippen molar-refractivity contribution in [1.82, 2.24) is 9.97 Å². The minimum atomic E-state index is -0.232. The molecule has 0 saturated carbocycles. The van der Waals surface area contributed by atoms with E-state index >= 15 is 0 Å². The molecular weight excluding hydrogens is 297 g/mol. The quantitative estimate of drug-likeness (QED) is 0.863. The molecule has 0 spiro atoms. The fourth-order valence-electron chi connectivity index (χ4n) is 2.61. The number of hydrogen-bond acceptors (Lipinski definition) is 2. The van der Waals surface area contributed by atoms with Crippen LogP contribution in [0.3, 0.4) is 0 Å². The van der Waals surface area contributed by atoms with Crippen LogP contribution in [0.4, 0.5) is 10.3 Å². The van der Waals surface area contributed by atoms with Crippen LogP contribution in [-0.2, 0) is 0 Å². The highest BCUT2D eigenvalue weighted by Crippen LogP contribution is 2.30. The van der Waals surface area contributed by atoms with E-state index in [1.54, 1.807) is 6.07 Å². The molecule has 0 radical (unpaired) electrons. The maximum absolute atomic E-state index is 13.2. The molecule has 3 rings (SSSR count). The molecule has 1 aliphatic rings. The second-order valence-corrected chi connectivity index (χ2v) is 5.55. The lowest BCUT2D eigenvalue weighted by atomic mass is 10.1. The zero-order valence-corrected chi connectivity index (χ0v) is 11.7. The summed E-state index contributed by atoms with van der Waals surface area (Å²) in [5.41, 5.74) is 1.58. The number of rotatable bonds is 2. The van der Waals surface area contributed by atoms with Gasteiger partial charge in [-0.3, -0.25) is 0 Å². The molecule has 18 heavy (non-hydrogen) atoms. The lowest BCUT2D eigenvalue weighted by molar-refractivity contribution is 0.552. The van der Waals surface area contributed by atoms with Crippen LogP contribution in [0.2, 0.25) is 0 Å². The van der Waals surface area contributed by atoms with Crippen molar-refractivity contribution in [2.75, 3.05) is 16.8 Å². The van der Waals surface area contributed by atoms with Crippen LogP contribution >= 0.6 is 15.9 Å².